The van der Waals surface area contributed by atoms with E-state index in [1.54, 1.807) is 18.6 Å². The molecule has 0 aliphatic carbocycles. The van der Waals surface area contributed by atoms with Gasteiger partial charge in [-0.3, -0.25) is 4.68 Å². The molecule has 0 bridgehead atoms. The zero-order valence-corrected chi connectivity index (χ0v) is 24.3. The minimum atomic E-state index is -2.35. The summed E-state index contributed by atoms with van der Waals surface area (Å²) >= 11 is 0. The van der Waals surface area contributed by atoms with Crippen LogP contribution in [0.4, 0.5) is 29.2 Å². The lowest BCUT2D eigenvalue weighted by Crippen LogP contribution is -2.54. The number of aromatic nitrogens is 5. The van der Waals surface area contributed by atoms with Gasteiger partial charge in [0, 0.05) is 58.2 Å². The minimum Gasteiger partial charge on any atom is -0.374 e. The van der Waals surface area contributed by atoms with E-state index in [4.69, 9.17) is 24.8 Å². The molecule has 0 saturated carbocycles. The smallest absolute Gasteiger partial charge is 0.230 e. The molecule has 11 nitrogen and oxygen atoms in total. The number of nitrogens with zero attached hydrogens (tertiary/aromatic N) is 8. The van der Waals surface area contributed by atoms with Gasteiger partial charge in [0.05, 0.1) is 24.3 Å². The summed E-state index contributed by atoms with van der Waals surface area (Å²) in [5.41, 5.74) is 0.396. The average Bonchev–Trinajstić information content (AvgIpc) is 3.55. The fourth-order valence-electron chi connectivity index (χ4n) is 5.93. The fraction of sp³-hybridized carbons (Fsp3) is 0.556. The molecule has 0 spiro atoms. The van der Waals surface area contributed by atoms with Crippen molar-refractivity contribution in [2.24, 2.45) is 4.36 Å². The number of hydrogen-bond donors (Lipinski definition) is 1. The monoisotopic (exact) mass is 551 g/mol. The SMILES string of the molecule is CN1CC[C@@H](n2ccc(Nc3ncc4c(n3)N(c3cccc(N=S(C)(C)=O)n3)[C@@H]3CC(C)(C)OC[C@]43C)n2)C1. The van der Waals surface area contributed by atoms with Gasteiger partial charge in [0.25, 0.3) is 0 Å². The number of rotatable bonds is 5. The van der Waals surface area contributed by atoms with Gasteiger partial charge < -0.3 is 19.9 Å². The number of likely N-dealkylation sites (tertiary alicyclic amines) is 1. The molecular weight excluding hydrogens is 514 g/mol. The number of fused-ring (bicyclic) bond motifs is 3. The van der Waals surface area contributed by atoms with Crippen molar-refractivity contribution >= 4 is 38.9 Å². The first kappa shape index (κ1) is 26.1. The van der Waals surface area contributed by atoms with Crippen molar-refractivity contribution in [2.45, 2.75) is 56.7 Å². The van der Waals surface area contributed by atoms with Crippen LogP contribution >= 0.6 is 0 Å². The van der Waals surface area contributed by atoms with E-state index in [-0.39, 0.29) is 17.1 Å². The molecule has 6 heterocycles. The molecular formula is C27H37N9O2S. The van der Waals surface area contributed by atoms with Crippen LogP contribution in [0.3, 0.4) is 0 Å². The molecule has 2 saturated heterocycles. The molecule has 1 N–H and O–H groups in total. The van der Waals surface area contributed by atoms with E-state index in [0.29, 0.717) is 36.1 Å². The van der Waals surface area contributed by atoms with Crippen LogP contribution in [0.2, 0.25) is 0 Å². The normalized spacial score (nSPS) is 26.4. The lowest BCUT2D eigenvalue weighted by Gasteiger charge is -2.46. The topological polar surface area (TPSA) is 114 Å². The highest BCUT2D eigenvalue weighted by Gasteiger charge is 2.55. The molecule has 208 valence electrons. The summed E-state index contributed by atoms with van der Waals surface area (Å²) in [6.07, 6.45) is 9.01. The highest BCUT2D eigenvalue weighted by Crippen LogP contribution is 2.53. The Bertz CT molecular complexity index is 1520. The van der Waals surface area contributed by atoms with Crippen molar-refractivity contribution in [2.75, 3.05) is 49.5 Å². The summed E-state index contributed by atoms with van der Waals surface area (Å²) < 4.78 is 25.1. The number of likely N-dealkylation sites (N-methyl/N-ethyl adjacent to an activating group) is 1. The van der Waals surface area contributed by atoms with Gasteiger partial charge in [0.1, 0.15) is 11.6 Å². The van der Waals surface area contributed by atoms with Crippen molar-refractivity contribution < 1.29 is 8.95 Å². The lowest BCUT2D eigenvalue weighted by molar-refractivity contribution is -0.0893. The first-order valence-corrected chi connectivity index (χ1v) is 15.7. The molecule has 3 aliphatic heterocycles. The van der Waals surface area contributed by atoms with E-state index in [1.807, 2.05) is 35.3 Å². The number of anilines is 4. The Morgan fingerprint density at radius 3 is 2.74 bits per heavy atom. The molecule has 0 aromatic carbocycles. The van der Waals surface area contributed by atoms with Crippen LogP contribution in [-0.2, 0) is 19.9 Å². The summed E-state index contributed by atoms with van der Waals surface area (Å²) in [7, 11) is -0.217. The zero-order chi connectivity index (χ0) is 27.6. The van der Waals surface area contributed by atoms with Gasteiger partial charge in [-0.1, -0.05) is 13.0 Å². The average molecular weight is 552 g/mol. The second-order valence-electron chi connectivity index (χ2n) is 12.1. The maximum Gasteiger partial charge on any atom is 0.230 e. The van der Waals surface area contributed by atoms with Crippen LogP contribution in [0.25, 0.3) is 0 Å². The molecule has 0 amide bonds. The number of pyridine rings is 1. The fourth-order valence-corrected chi connectivity index (χ4v) is 6.48. The first-order chi connectivity index (χ1) is 18.4. The Morgan fingerprint density at radius 1 is 1.18 bits per heavy atom. The van der Waals surface area contributed by atoms with Crippen LogP contribution in [-0.4, -0.2) is 84.7 Å². The standard InChI is InChI=1S/C27H37N9O2S/c1-26(2)14-20-27(3,17-38-26)19-15-28-25(30-21-11-13-35(32-21)18-10-12-34(4)16-18)31-24(19)36(20)23-9-7-8-22(29-23)33-39(5,6)37/h7-9,11,13,15,18,20H,10,12,14,16-17H2,1-6H3,(H,28,30,31,32)/t18-,20-,27-/m1/s1. The summed E-state index contributed by atoms with van der Waals surface area (Å²) in [6.45, 7) is 9.06. The Balaban J connectivity index is 1.38. The van der Waals surface area contributed by atoms with Gasteiger partial charge in [-0.25, -0.2) is 14.2 Å². The number of nitrogens with one attached hydrogen (secondary N) is 1. The van der Waals surface area contributed by atoms with Crippen LogP contribution in [0.1, 0.15) is 45.2 Å². The largest absolute Gasteiger partial charge is 0.374 e. The van der Waals surface area contributed by atoms with Crippen LogP contribution in [0.15, 0.2) is 41.0 Å². The van der Waals surface area contributed by atoms with E-state index < -0.39 is 9.73 Å². The number of hydrogen-bond acceptors (Lipinski definition) is 10. The highest BCUT2D eigenvalue weighted by molar-refractivity contribution is 7.92. The van der Waals surface area contributed by atoms with Gasteiger partial charge in [-0.05, 0) is 52.4 Å². The van der Waals surface area contributed by atoms with Crippen LogP contribution < -0.4 is 10.2 Å². The van der Waals surface area contributed by atoms with Crippen molar-refractivity contribution in [3.63, 3.8) is 0 Å². The number of ether oxygens (including phenoxy) is 1. The van der Waals surface area contributed by atoms with Gasteiger partial charge in [-0.15, -0.1) is 0 Å². The van der Waals surface area contributed by atoms with Gasteiger partial charge in [0.2, 0.25) is 5.95 Å². The summed E-state index contributed by atoms with van der Waals surface area (Å²) in [4.78, 5) is 19.0. The van der Waals surface area contributed by atoms with Gasteiger partial charge >= 0.3 is 0 Å². The molecule has 0 radical (unpaired) electrons. The molecule has 12 heteroatoms. The Kier molecular flexibility index (Phi) is 6.20. The second-order valence-corrected chi connectivity index (χ2v) is 14.7. The van der Waals surface area contributed by atoms with Crippen LogP contribution in [0, 0.1) is 0 Å². The predicted octanol–water partition coefficient (Wildman–Crippen LogP) is 4.02. The third-order valence-electron chi connectivity index (χ3n) is 7.98. The maximum absolute atomic E-state index is 12.4. The van der Waals surface area contributed by atoms with Crippen molar-refractivity contribution in [3.05, 3.63) is 42.2 Å². The summed E-state index contributed by atoms with van der Waals surface area (Å²) in [6, 6.07) is 8.03. The minimum absolute atomic E-state index is 0.0507. The lowest BCUT2D eigenvalue weighted by atomic mass is 9.73. The van der Waals surface area contributed by atoms with E-state index in [2.05, 4.69) is 47.3 Å². The Morgan fingerprint density at radius 2 is 2.00 bits per heavy atom. The molecule has 3 aromatic rings. The predicted molar refractivity (Wildman–Crippen MR) is 153 cm³/mol. The first-order valence-electron chi connectivity index (χ1n) is 13.4. The molecule has 0 unspecified atom stereocenters. The van der Waals surface area contributed by atoms with E-state index in [9.17, 15) is 4.21 Å². The van der Waals surface area contributed by atoms with E-state index in [1.165, 1.54) is 0 Å². The Labute approximate surface area is 230 Å². The quantitative estimate of drug-likeness (QED) is 0.502. The third kappa shape index (κ3) is 5.01. The highest BCUT2D eigenvalue weighted by atomic mass is 32.2. The zero-order valence-electron chi connectivity index (χ0n) is 23.5. The summed E-state index contributed by atoms with van der Waals surface area (Å²) in [5.74, 6) is 3.13. The summed E-state index contributed by atoms with van der Waals surface area (Å²) in [5, 5.41) is 8.07. The Hall–Kier alpha value is -3.09. The van der Waals surface area contributed by atoms with Gasteiger partial charge in [0.15, 0.2) is 11.6 Å². The van der Waals surface area contributed by atoms with Crippen molar-refractivity contribution in [1.82, 2.24) is 29.6 Å². The molecule has 2 fully saturated rings. The molecule has 6 rings (SSSR count). The molecule has 39 heavy (non-hydrogen) atoms. The maximum atomic E-state index is 12.4. The molecule has 3 aliphatic rings. The van der Waals surface area contributed by atoms with Crippen molar-refractivity contribution in [3.8, 4) is 0 Å². The van der Waals surface area contributed by atoms with Crippen LogP contribution in [0.5, 0.6) is 0 Å². The van der Waals surface area contributed by atoms with Crippen molar-refractivity contribution in [1.29, 1.82) is 0 Å². The third-order valence-corrected chi connectivity index (χ3v) is 8.60. The molecule has 3 atom stereocenters. The van der Waals surface area contributed by atoms with E-state index in [0.717, 1.165) is 37.3 Å². The van der Waals surface area contributed by atoms with Gasteiger partial charge in [-0.2, -0.15) is 14.4 Å². The van der Waals surface area contributed by atoms with E-state index >= 15 is 0 Å². The molecule has 3 aromatic heterocycles. The second kappa shape index (κ2) is 9.24.